The molecule has 0 heterocycles. The number of carbonyl (C=O) groups excluding carboxylic acids is 4. The summed E-state index contributed by atoms with van der Waals surface area (Å²) < 4.78 is 3.57. The molecule has 0 unspecified atom stereocenters. The van der Waals surface area contributed by atoms with E-state index in [4.69, 9.17) is 4.74 Å². The van der Waals surface area contributed by atoms with E-state index in [1.165, 1.54) is 23.7 Å². The molecule has 0 aliphatic heterocycles. The topological polar surface area (TPSA) is 174 Å². The Kier molecular flexibility index (Phi) is 18.0. The van der Waals surface area contributed by atoms with E-state index in [2.05, 4.69) is 28.6 Å². The molecule has 0 saturated heterocycles. The molecule has 5 N–H and O–H groups in total. The van der Waals surface area contributed by atoms with Crippen LogP contribution in [0.25, 0.3) is 0 Å². The summed E-state index contributed by atoms with van der Waals surface area (Å²) in [6, 6.07) is 27.9. The van der Waals surface area contributed by atoms with E-state index in [1.54, 1.807) is 60.6 Å². The van der Waals surface area contributed by atoms with Crippen molar-refractivity contribution in [3.05, 3.63) is 137 Å². The number of aromatic hydroxyl groups is 1. The zero-order valence-electron chi connectivity index (χ0n) is 40.0. The minimum atomic E-state index is -1.37. The number of rotatable bonds is 19. The number of thiol groups is 1. The summed E-state index contributed by atoms with van der Waals surface area (Å²) in [5, 5.41) is 29.1. The Labute approximate surface area is 405 Å². The van der Waals surface area contributed by atoms with Crippen molar-refractivity contribution in [2.24, 2.45) is 5.92 Å². The van der Waals surface area contributed by atoms with Crippen molar-refractivity contribution in [2.45, 2.75) is 133 Å². The number of carboxylic acids is 1. The molecule has 360 valence electrons. The normalized spacial score (nSPS) is 15.3. The standard InChI is InChI=1S/C53H68N4O8S2/c1-34-29-40(58)30-35(2)41(34)32-42(55-50(64)65-51(3,4)5)46(59)54-43(33-67-53(37-23-15-10-16-24-37,38-25-17-11-18-26-38)39-27-19-12-20-28-39)48(61)57(8)44(31-36-21-13-9-14-22-36)47(60)56-45(49(62)63)52(6,7)66/h10-12,15-20,23-30,36,42-45,58,66H,9,13-14,21-22,31-33H2,1-8H3,(H,54,59)(H,55,64)(H,56,60)(H,62,63)/t42-,43+,44-,45-/m0/s1. The Morgan fingerprint density at radius 1 is 0.746 bits per heavy atom. The first-order chi connectivity index (χ1) is 31.6. The Hall–Kier alpha value is -5.47. The van der Waals surface area contributed by atoms with E-state index < -0.39 is 69.0 Å². The number of phenolic OH excluding ortho intramolecular Hbond substituents is 1. The molecule has 67 heavy (non-hydrogen) atoms. The summed E-state index contributed by atoms with van der Waals surface area (Å²) >= 11 is 5.96. The SMILES string of the molecule is Cc1cc(O)cc(C)c1C[C@H](NC(=O)OC(C)(C)C)C(=O)N[C@H](CSC(c1ccccc1)(c1ccccc1)c1ccccc1)C(=O)N(C)[C@@H](CC1CCCCC1)C(=O)N[C@@H](C(=O)O)C(C)(C)S. The lowest BCUT2D eigenvalue weighted by atomic mass is 9.84. The van der Waals surface area contributed by atoms with Gasteiger partial charge in [-0.05, 0) is 106 Å². The molecule has 4 aromatic rings. The van der Waals surface area contributed by atoms with Crippen LogP contribution in [-0.4, -0.2) is 92.2 Å². The summed E-state index contributed by atoms with van der Waals surface area (Å²) in [5.74, 6) is -3.01. The lowest BCUT2D eigenvalue weighted by Crippen LogP contribution is -2.61. The predicted molar refractivity (Wildman–Crippen MR) is 268 cm³/mol. The van der Waals surface area contributed by atoms with Crippen molar-refractivity contribution in [3.63, 3.8) is 0 Å². The average molecular weight is 953 g/mol. The quantitative estimate of drug-likeness (QED) is 0.0397. The maximum absolute atomic E-state index is 15.5. The molecule has 1 aliphatic carbocycles. The summed E-state index contributed by atoms with van der Waals surface area (Å²) in [5.41, 5.74) is 3.99. The van der Waals surface area contributed by atoms with Gasteiger partial charge in [0.15, 0.2) is 0 Å². The molecule has 4 aromatic carbocycles. The number of alkyl carbamates (subject to hydrolysis) is 1. The molecule has 1 saturated carbocycles. The van der Waals surface area contributed by atoms with Gasteiger partial charge in [0.25, 0.3) is 0 Å². The first kappa shape index (κ1) is 52.5. The smallest absolute Gasteiger partial charge is 0.408 e. The van der Waals surface area contributed by atoms with Gasteiger partial charge < -0.3 is 35.8 Å². The van der Waals surface area contributed by atoms with E-state index >= 15 is 4.79 Å². The van der Waals surface area contributed by atoms with Crippen molar-refractivity contribution >= 4 is 54.2 Å². The van der Waals surface area contributed by atoms with Crippen molar-refractivity contribution in [1.82, 2.24) is 20.9 Å². The molecular formula is C53H68N4O8S2. The van der Waals surface area contributed by atoms with Gasteiger partial charge in [-0.3, -0.25) is 14.4 Å². The molecule has 14 heteroatoms. The highest BCUT2D eigenvalue weighted by Crippen LogP contribution is 2.48. The second-order valence-electron chi connectivity index (χ2n) is 19.3. The fourth-order valence-electron chi connectivity index (χ4n) is 8.94. The lowest BCUT2D eigenvalue weighted by Gasteiger charge is -2.38. The average Bonchev–Trinajstić information content (AvgIpc) is 3.27. The van der Waals surface area contributed by atoms with Crippen LogP contribution in [0.2, 0.25) is 0 Å². The summed E-state index contributed by atoms with van der Waals surface area (Å²) in [6.07, 6.45) is 4.16. The second kappa shape index (κ2) is 23.0. The zero-order chi connectivity index (χ0) is 49.1. The number of benzene rings is 4. The van der Waals surface area contributed by atoms with Crippen LogP contribution in [0.4, 0.5) is 4.79 Å². The van der Waals surface area contributed by atoms with Crippen LogP contribution in [0.15, 0.2) is 103 Å². The molecule has 12 nitrogen and oxygen atoms in total. The molecule has 0 bridgehead atoms. The number of ether oxygens (including phenoxy) is 1. The summed E-state index contributed by atoms with van der Waals surface area (Å²) in [4.78, 5) is 72.3. The second-order valence-corrected chi connectivity index (χ2v) is 21.6. The zero-order valence-corrected chi connectivity index (χ0v) is 41.7. The van der Waals surface area contributed by atoms with E-state index in [0.717, 1.165) is 48.8 Å². The van der Waals surface area contributed by atoms with Crippen LogP contribution in [0, 0.1) is 19.8 Å². The Bertz CT molecular complexity index is 2190. The number of carbonyl (C=O) groups is 5. The number of phenols is 1. The highest BCUT2D eigenvalue weighted by molar-refractivity contribution is 8.00. The van der Waals surface area contributed by atoms with Crippen molar-refractivity contribution in [3.8, 4) is 5.75 Å². The molecule has 1 fully saturated rings. The number of likely N-dealkylation sites (N-methyl/N-ethyl adjacent to an activating group) is 1. The largest absolute Gasteiger partial charge is 0.508 e. The number of nitrogens with zero attached hydrogens (tertiary/aromatic N) is 1. The Morgan fingerprint density at radius 3 is 1.69 bits per heavy atom. The minimum absolute atomic E-state index is 0.00228. The third-order valence-corrected chi connectivity index (χ3v) is 14.3. The lowest BCUT2D eigenvalue weighted by molar-refractivity contribution is -0.146. The molecule has 4 amide bonds. The monoisotopic (exact) mass is 952 g/mol. The summed E-state index contributed by atoms with van der Waals surface area (Å²) in [7, 11) is 1.53. The molecule has 0 radical (unpaired) electrons. The predicted octanol–water partition coefficient (Wildman–Crippen LogP) is 8.73. The molecular weight excluding hydrogens is 885 g/mol. The van der Waals surface area contributed by atoms with Crippen LogP contribution < -0.4 is 16.0 Å². The van der Waals surface area contributed by atoms with Crippen LogP contribution in [0.1, 0.15) is 107 Å². The van der Waals surface area contributed by atoms with Gasteiger partial charge in [-0.25, -0.2) is 9.59 Å². The number of nitrogens with one attached hydrogen (secondary N) is 3. The van der Waals surface area contributed by atoms with Gasteiger partial charge in [-0.2, -0.15) is 12.6 Å². The van der Waals surface area contributed by atoms with Crippen LogP contribution >= 0.6 is 24.4 Å². The molecule has 4 atom stereocenters. The van der Waals surface area contributed by atoms with E-state index in [1.807, 2.05) is 91.0 Å². The fraction of sp³-hybridized carbons (Fsp3) is 0.453. The van der Waals surface area contributed by atoms with Crippen LogP contribution in [0.5, 0.6) is 5.75 Å². The first-order valence-electron chi connectivity index (χ1n) is 23.0. The van der Waals surface area contributed by atoms with Gasteiger partial charge in [0.1, 0.15) is 35.5 Å². The maximum atomic E-state index is 15.5. The molecule has 1 aliphatic rings. The van der Waals surface area contributed by atoms with Crippen molar-refractivity contribution in [2.75, 3.05) is 12.8 Å². The number of thioether (sulfide) groups is 1. The number of hydrogen-bond donors (Lipinski definition) is 6. The van der Waals surface area contributed by atoms with Crippen LogP contribution in [0.3, 0.4) is 0 Å². The van der Waals surface area contributed by atoms with Crippen molar-refractivity contribution < 1.29 is 38.9 Å². The number of aryl methyl sites for hydroxylation is 2. The molecule has 0 spiro atoms. The molecule has 0 aromatic heterocycles. The van der Waals surface area contributed by atoms with Gasteiger partial charge in [-0.15, -0.1) is 11.8 Å². The third-order valence-electron chi connectivity index (χ3n) is 12.4. The van der Waals surface area contributed by atoms with E-state index in [9.17, 15) is 29.4 Å². The number of amides is 4. The van der Waals surface area contributed by atoms with Gasteiger partial charge in [0, 0.05) is 24.0 Å². The highest BCUT2D eigenvalue weighted by Gasteiger charge is 2.43. The molecule has 5 rings (SSSR count). The Morgan fingerprint density at radius 2 is 1.24 bits per heavy atom. The maximum Gasteiger partial charge on any atom is 0.408 e. The first-order valence-corrected chi connectivity index (χ1v) is 24.5. The van der Waals surface area contributed by atoms with Crippen LogP contribution in [-0.2, 0) is 35.1 Å². The minimum Gasteiger partial charge on any atom is -0.508 e. The third kappa shape index (κ3) is 14.0. The van der Waals surface area contributed by atoms with E-state index in [0.29, 0.717) is 16.7 Å². The summed E-state index contributed by atoms with van der Waals surface area (Å²) in [6.45, 7) is 12.0. The van der Waals surface area contributed by atoms with Gasteiger partial charge in [0.05, 0.1) is 4.75 Å². The van der Waals surface area contributed by atoms with Gasteiger partial charge in [-0.1, -0.05) is 123 Å². The highest BCUT2D eigenvalue weighted by atomic mass is 32.2. The van der Waals surface area contributed by atoms with Crippen molar-refractivity contribution in [1.29, 1.82) is 0 Å². The number of aliphatic carboxylic acids is 1. The number of hydrogen-bond acceptors (Lipinski definition) is 9. The van der Waals surface area contributed by atoms with Gasteiger partial charge >= 0.3 is 12.1 Å². The fourth-order valence-corrected chi connectivity index (χ4v) is 10.7. The number of carboxylic acid groups (broad SMARTS) is 1. The Balaban J connectivity index is 1.64. The van der Waals surface area contributed by atoms with E-state index in [-0.39, 0.29) is 30.3 Å². The van der Waals surface area contributed by atoms with Gasteiger partial charge in [0.2, 0.25) is 17.7 Å².